The van der Waals surface area contributed by atoms with Crippen LogP contribution in [0.25, 0.3) is 0 Å². The van der Waals surface area contributed by atoms with Crippen LogP contribution in [0.4, 0.5) is 0 Å². The normalized spacial score (nSPS) is 9.88. The zero-order chi connectivity index (χ0) is 11.8. The molecule has 0 fully saturated rings. The third-order valence-corrected chi connectivity index (χ3v) is 2.12. The molecule has 0 spiro atoms. The van der Waals surface area contributed by atoms with Crippen LogP contribution in [0.1, 0.15) is 37.0 Å². The summed E-state index contributed by atoms with van der Waals surface area (Å²) in [5.41, 5.74) is 0.678. The highest BCUT2D eigenvalue weighted by molar-refractivity contribution is 5.94. The van der Waals surface area contributed by atoms with Crippen molar-refractivity contribution in [2.45, 2.75) is 26.7 Å². The Labute approximate surface area is 96.8 Å². The molecule has 0 aliphatic heterocycles. The minimum Gasteiger partial charge on any atom is -0.494 e. The van der Waals surface area contributed by atoms with Crippen molar-refractivity contribution < 1.29 is 9.53 Å². The van der Waals surface area contributed by atoms with Crippen molar-refractivity contribution in [2.24, 2.45) is 0 Å². The number of carbonyl (C=O) groups excluding carboxylic acids is 1. The van der Waals surface area contributed by atoms with Gasteiger partial charge in [0.1, 0.15) is 5.75 Å². The van der Waals surface area contributed by atoms with E-state index in [4.69, 9.17) is 4.74 Å². The third-order valence-electron chi connectivity index (χ3n) is 2.12. The Morgan fingerprint density at radius 3 is 2.44 bits per heavy atom. The lowest BCUT2D eigenvalue weighted by Crippen LogP contribution is -2.23. The topological polar surface area (TPSA) is 38.3 Å². The van der Waals surface area contributed by atoms with Crippen molar-refractivity contribution in [3.8, 4) is 5.75 Å². The molecule has 1 N–H and O–H groups in total. The zero-order valence-electron chi connectivity index (χ0n) is 9.95. The molecule has 0 saturated heterocycles. The van der Waals surface area contributed by atoms with Gasteiger partial charge in [-0.25, -0.2) is 0 Å². The molecule has 1 aromatic carbocycles. The molecular formula is C13H19NO2. The number of ether oxygens (including phenoxy) is 1. The first-order valence-electron chi connectivity index (χ1n) is 5.79. The van der Waals surface area contributed by atoms with Crippen LogP contribution < -0.4 is 10.1 Å². The Morgan fingerprint density at radius 1 is 1.19 bits per heavy atom. The molecule has 16 heavy (non-hydrogen) atoms. The van der Waals surface area contributed by atoms with Crippen molar-refractivity contribution in [2.75, 3.05) is 13.2 Å². The van der Waals surface area contributed by atoms with Crippen LogP contribution in [-0.4, -0.2) is 19.1 Å². The Hall–Kier alpha value is -1.51. The van der Waals surface area contributed by atoms with Gasteiger partial charge in [0.05, 0.1) is 6.61 Å². The summed E-state index contributed by atoms with van der Waals surface area (Å²) in [6.07, 6.45) is 1.93. The number of nitrogens with one attached hydrogen (secondary N) is 1. The monoisotopic (exact) mass is 221 g/mol. The van der Waals surface area contributed by atoms with Gasteiger partial charge in [-0.15, -0.1) is 0 Å². The number of benzene rings is 1. The fraction of sp³-hybridized carbons (Fsp3) is 0.462. The molecule has 0 heterocycles. The number of hydrogen-bond donors (Lipinski definition) is 1. The average molecular weight is 221 g/mol. The summed E-state index contributed by atoms with van der Waals surface area (Å²) in [6, 6.07) is 7.24. The fourth-order valence-corrected chi connectivity index (χ4v) is 1.26. The van der Waals surface area contributed by atoms with Gasteiger partial charge in [-0.2, -0.15) is 0 Å². The van der Waals surface area contributed by atoms with E-state index in [1.165, 1.54) is 0 Å². The average Bonchev–Trinajstić information content (AvgIpc) is 2.34. The second-order valence-electron chi connectivity index (χ2n) is 3.63. The molecule has 3 heteroatoms. The largest absolute Gasteiger partial charge is 0.494 e. The van der Waals surface area contributed by atoms with E-state index < -0.39 is 0 Å². The second kappa shape index (κ2) is 6.88. The summed E-state index contributed by atoms with van der Waals surface area (Å²) in [5, 5.41) is 2.83. The minimum atomic E-state index is -0.0242. The molecule has 3 nitrogen and oxygen atoms in total. The summed E-state index contributed by atoms with van der Waals surface area (Å²) in [7, 11) is 0. The van der Waals surface area contributed by atoms with Gasteiger partial charge in [0.2, 0.25) is 0 Å². The number of hydrogen-bond acceptors (Lipinski definition) is 2. The van der Waals surface area contributed by atoms with Gasteiger partial charge in [-0.3, -0.25) is 4.79 Å². The van der Waals surface area contributed by atoms with E-state index in [-0.39, 0.29) is 5.91 Å². The molecule has 0 aliphatic rings. The molecule has 0 aromatic heterocycles. The molecular weight excluding hydrogens is 202 g/mol. The Morgan fingerprint density at radius 2 is 1.88 bits per heavy atom. The quantitative estimate of drug-likeness (QED) is 0.802. The van der Waals surface area contributed by atoms with Gasteiger partial charge in [-0.05, 0) is 37.1 Å². The predicted octanol–water partition coefficient (Wildman–Crippen LogP) is 2.62. The first-order chi connectivity index (χ1) is 7.77. The maximum Gasteiger partial charge on any atom is 0.251 e. The van der Waals surface area contributed by atoms with Crippen LogP contribution >= 0.6 is 0 Å². The van der Waals surface area contributed by atoms with Crippen molar-refractivity contribution >= 4 is 5.91 Å². The van der Waals surface area contributed by atoms with E-state index >= 15 is 0 Å². The van der Waals surface area contributed by atoms with Crippen molar-refractivity contribution in [3.05, 3.63) is 29.8 Å². The van der Waals surface area contributed by atoms with Crippen LogP contribution in [0.2, 0.25) is 0 Å². The van der Waals surface area contributed by atoms with E-state index in [0.717, 1.165) is 18.6 Å². The molecule has 0 radical (unpaired) electrons. The second-order valence-corrected chi connectivity index (χ2v) is 3.63. The van der Waals surface area contributed by atoms with Crippen molar-refractivity contribution in [3.63, 3.8) is 0 Å². The van der Waals surface area contributed by atoms with E-state index in [1.54, 1.807) is 12.1 Å². The molecule has 88 valence electrons. The highest BCUT2D eigenvalue weighted by atomic mass is 16.5. The van der Waals surface area contributed by atoms with Gasteiger partial charge < -0.3 is 10.1 Å². The van der Waals surface area contributed by atoms with E-state index in [2.05, 4.69) is 12.2 Å². The van der Waals surface area contributed by atoms with E-state index in [1.807, 2.05) is 19.1 Å². The smallest absolute Gasteiger partial charge is 0.251 e. The first kappa shape index (κ1) is 12.6. The van der Waals surface area contributed by atoms with E-state index in [9.17, 15) is 4.79 Å². The standard InChI is InChI=1S/C13H19NO2/c1-3-9-14-13(15)11-5-7-12(8-6-11)16-10-4-2/h5-8H,3-4,9-10H2,1-2H3,(H,14,15). The number of rotatable bonds is 6. The summed E-state index contributed by atoms with van der Waals surface area (Å²) in [6.45, 7) is 5.52. The van der Waals surface area contributed by atoms with Gasteiger partial charge in [0.25, 0.3) is 5.91 Å². The van der Waals surface area contributed by atoms with Crippen LogP contribution in [0.5, 0.6) is 5.75 Å². The highest BCUT2D eigenvalue weighted by Gasteiger charge is 2.03. The van der Waals surface area contributed by atoms with Gasteiger partial charge >= 0.3 is 0 Å². The Balaban J connectivity index is 2.53. The fourth-order valence-electron chi connectivity index (χ4n) is 1.26. The minimum absolute atomic E-state index is 0.0242. The Kier molecular flexibility index (Phi) is 5.40. The summed E-state index contributed by atoms with van der Waals surface area (Å²) in [4.78, 5) is 11.6. The molecule has 0 aliphatic carbocycles. The predicted molar refractivity (Wildman–Crippen MR) is 64.9 cm³/mol. The molecule has 0 bridgehead atoms. The lowest BCUT2D eigenvalue weighted by Gasteiger charge is -2.06. The lowest BCUT2D eigenvalue weighted by molar-refractivity contribution is 0.0953. The Bertz CT molecular complexity index is 319. The highest BCUT2D eigenvalue weighted by Crippen LogP contribution is 2.12. The maximum absolute atomic E-state index is 11.6. The number of amides is 1. The summed E-state index contributed by atoms with van der Waals surface area (Å²) < 4.78 is 5.44. The van der Waals surface area contributed by atoms with Crippen LogP contribution in [0.3, 0.4) is 0 Å². The molecule has 0 unspecified atom stereocenters. The molecule has 1 aromatic rings. The van der Waals surface area contributed by atoms with Gasteiger partial charge in [0.15, 0.2) is 0 Å². The van der Waals surface area contributed by atoms with Gasteiger partial charge in [0, 0.05) is 12.1 Å². The molecule has 1 amide bonds. The van der Waals surface area contributed by atoms with Crippen LogP contribution in [-0.2, 0) is 0 Å². The van der Waals surface area contributed by atoms with Crippen molar-refractivity contribution in [1.82, 2.24) is 5.32 Å². The third kappa shape index (κ3) is 3.93. The van der Waals surface area contributed by atoms with Crippen LogP contribution in [0, 0.1) is 0 Å². The van der Waals surface area contributed by atoms with Crippen molar-refractivity contribution in [1.29, 1.82) is 0 Å². The molecule has 0 atom stereocenters. The van der Waals surface area contributed by atoms with E-state index in [0.29, 0.717) is 18.7 Å². The first-order valence-corrected chi connectivity index (χ1v) is 5.79. The summed E-state index contributed by atoms with van der Waals surface area (Å²) in [5.74, 6) is 0.790. The molecule has 1 rings (SSSR count). The summed E-state index contributed by atoms with van der Waals surface area (Å²) >= 11 is 0. The van der Waals surface area contributed by atoms with Gasteiger partial charge in [-0.1, -0.05) is 13.8 Å². The maximum atomic E-state index is 11.6. The zero-order valence-corrected chi connectivity index (χ0v) is 9.95. The SMILES string of the molecule is CCCNC(=O)c1ccc(OCCC)cc1. The lowest BCUT2D eigenvalue weighted by atomic mass is 10.2. The molecule has 0 saturated carbocycles. The number of carbonyl (C=O) groups is 1. The van der Waals surface area contributed by atoms with Crippen LogP contribution in [0.15, 0.2) is 24.3 Å².